The van der Waals surface area contributed by atoms with Crippen LogP contribution in [0.15, 0.2) is 108 Å². The smallest absolute Gasteiger partial charge is 0.136 e. The third-order valence-corrected chi connectivity index (χ3v) is 8.94. The van der Waals surface area contributed by atoms with Crippen molar-refractivity contribution in [3.8, 4) is 11.1 Å². The molecule has 3 unspecified atom stereocenters. The van der Waals surface area contributed by atoms with Crippen molar-refractivity contribution in [1.82, 2.24) is 0 Å². The third kappa shape index (κ3) is 3.47. The molecule has 2 nitrogen and oxygen atoms in total. The molecule has 5 aromatic carbocycles. The second kappa shape index (κ2) is 8.24. The number of nitrogens with one attached hydrogen (secondary N) is 1. The minimum atomic E-state index is 0.772. The van der Waals surface area contributed by atoms with E-state index in [9.17, 15) is 0 Å². The second-order valence-electron chi connectivity index (χ2n) is 11.0. The van der Waals surface area contributed by atoms with E-state index in [1.54, 1.807) is 0 Å². The normalized spacial score (nSPS) is 20.8. The highest BCUT2D eigenvalue weighted by Gasteiger charge is 2.39. The summed E-state index contributed by atoms with van der Waals surface area (Å²) < 4.78 is 6.30. The largest absolute Gasteiger partial charge is 0.456 e. The van der Waals surface area contributed by atoms with E-state index in [1.165, 1.54) is 58.5 Å². The van der Waals surface area contributed by atoms with E-state index >= 15 is 0 Å². The number of rotatable bonds is 4. The van der Waals surface area contributed by atoms with Crippen molar-refractivity contribution in [3.63, 3.8) is 0 Å². The molecule has 37 heavy (non-hydrogen) atoms. The average Bonchev–Trinajstić information content (AvgIpc) is 3.68. The average molecular weight is 480 g/mol. The van der Waals surface area contributed by atoms with Crippen LogP contribution in [0.1, 0.15) is 37.2 Å². The predicted molar refractivity (Wildman–Crippen MR) is 155 cm³/mol. The van der Waals surface area contributed by atoms with Crippen LogP contribution in [-0.2, 0) is 0 Å². The summed E-state index contributed by atoms with van der Waals surface area (Å²) in [5, 5.41) is 8.47. The van der Waals surface area contributed by atoms with Gasteiger partial charge in [-0.2, -0.15) is 0 Å². The Morgan fingerprint density at radius 3 is 2.30 bits per heavy atom. The molecule has 0 radical (unpaired) electrons. The monoisotopic (exact) mass is 479 g/mol. The van der Waals surface area contributed by atoms with E-state index in [-0.39, 0.29) is 0 Å². The first-order valence-electron chi connectivity index (χ1n) is 13.6. The number of hydrogen-bond donors (Lipinski definition) is 1. The van der Waals surface area contributed by atoms with E-state index < -0.39 is 0 Å². The zero-order valence-electron chi connectivity index (χ0n) is 20.8. The second-order valence-corrected chi connectivity index (χ2v) is 11.0. The molecule has 2 aliphatic carbocycles. The van der Waals surface area contributed by atoms with Crippen LogP contribution in [0, 0.1) is 11.8 Å². The lowest BCUT2D eigenvalue weighted by Gasteiger charge is -2.22. The fraction of sp³-hybridized carbons (Fsp3) is 0.200. The molecule has 2 fully saturated rings. The highest BCUT2D eigenvalue weighted by Crippen LogP contribution is 2.53. The van der Waals surface area contributed by atoms with Crippen molar-refractivity contribution < 1.29 is 4.42 Å². The van der Waals surface area contributed by atoms with Crippen molar-refractivity contribution in [1.29, 1.82) is 0 Å². The van der Waals surface area contributed by atoms with Crippen LogP contribution >= 0.6 is 0 Å². The molecule has 180 valence electrons. The molecule has 1 aromatic heterocycles. The van der Waals surface area contributed by atoms with Gasteiger partial charge >= 0.3 is 0 Å². The lowest BCUT2D eigenvalue weighted by atomic mass is 9.83. The van der Waals surface area contributed by atoms with E-state index in [2.05, 4.69) is 108 Å². The van der Waals surface area contributed by atoms with Crippen LogP contribution in [0.25, 0.3) is 43.8 Å². The molecule has 1 N–H and O–H groups in total. The molecule has 0 aliphatic heterocycles. The van der Waals surface area contributed by atoms with Crippen molar-refractivity contribution in [2.45, 2.75) is 31.6 Å². The minimum Gasteiger partial charge on any atom is -0.456 e. The van der Waals surface area contributed by atoms with Gasteiger partial charge in [-0.3, -0.25) is 0 Å². The predicted octanol–water partition coefficient (Wildman–Crippen LogP) is 10.1. The maximum atomic E-state index is 6.30. The Hall–Kier alpha value is -4.04. The number of hydrogen-bond acceptors (Lipinski definition) is 2. The molecule has 8 rings (SSSR count). The number of fused-ring (bicyclic) bond motifs is 6. The van der Waals surface area contributed by atoms with E-state index in [4.69, 9.17) is 4.42 Å². The Morgan fingerprint density at radius 1 is 0.622 bits per heavy atom. The van der Waals surface area contributed by atoms with E-state index in [0.717, 1.165) is 45.7 Å². The molecule has 1 heterocycles. The van der Waals surface area contributed by atoms with Gasteiger partial charge in [0.05, 0.1) is 0 Å². The quantitative estimate of drug-likeness (QED) is 0.272. The Balaban J connectivity index is 1.17. The molecule has 6 aromatic rings. The molecular formula is C35H29NO. The molecule has 2 saturated carbocycles. The Morgan fingerprint density at radius 2 is 1.43 bits per heavy atom. The first kappa shape index (κ1) is 21.1. The zero-order chi connectivity index (χ0) is 24.3. The van der Waals surface area contributed by atoms with Crippen LogP contribution in [0.2, 0.25) is 0 Å². The first-order chi connectivity index (χ1) is 18.3. The summed E-state index contributed by atoms with van der Waals surface area (Å²) >= 11 is 0. The molecule has 2 aliphatic rings. The Kier molecular flexibility index (Phi) is 4.70. The summed E-state index contributed by atoms with van der Waals surface area (Å²) in [6, 6.07) is 37.2. The summed E-state index contributed by atoms with van der Waals surface area (Å²) in [6.07, 6.45) is 5.72. The van der Waals surface area contributed by atoms with Gasteiger partial charge in [-0.05, 0) is 101 Å². The van der Waals surface area contributed by atoms with Gasteiger partial charge in [-0.15, -0.1) is 0 Å². The zero-order valence-corrected chi connectivity index (χ0v) is 20.8. The molecular weight excluding hydrogens is 450 g/mol. The van der Waals surface area contributed by atoms with Gasteiger partial charge in [-0.25, -0.2) is 0 Å². The summed E-state index contributed by atoms with van der Waals surface area (Å²) in [4.78, 5) is 0. The van der Waals surface area contributed by atoms with Gasteiger partial charge in [0.25, 0.3) is 0 Å². The molecule has 0 saturated heterocycles. The first-order valence-corrected chi connectivity index (χ1v) is 13.6. The van der Waals surface area contributed by atoms with Crippen LogP contribution in [-0.4, -0.2) is 0 Å². The molecule has 3 atom stereocenters. The van der Waals surface area contributed by atoms with E-state index in [0.29, 0.717) is 0 Å². The van der Waals surface area contributed by atoms with Gasteiger partial charge in [0.15, 0.2) is 0 Å². The number of anilines is 2. The number of benzene rings is 5. The van der Waals surface area contributed by atoms with Crippen LogP contribution in [0.3, 0.4) is 0 Å². The van der Waals surface area contributed by atoms with Gasteiger partial charge in [-0.1, -0.05) is 73.2 Å². The Bertz CT molecular complexity index is 1770. The lowest BCUT2D eigenvalue weighted by Crippen LogP contribution is -2.08. The lowest BCUT2D eigenvalue weighted by molar-refractivity contribution is 0.420. The summed E-state index contributed by atoms with van der Waals surface area (Å²) in [6.45, 7) is 0. The number of furan rings is 1. The van der Waals surface area contributed by atoms with Gasteiger partial charge in [0, 0.05) is 22.1 Å². The minimum absolute atomic E-state index is 0.772. The fourth-order valence-corrected chi connectivity index (χ4v) is 7.22. The van der Waals surface area contributed by atoms with Crippen LogP contribution in [0.4, 0.5) is 11.4 Å². The van der Waals surface area contributed by atoms with Gasteiger partial charge < -0.3 is 9.73 Å². The van der Waals surface area contributed by atoms with Crippen molar-refractivity contribution >= 4 is 44.1 Å². The highest BCUT2D eigenvalue weighted by atomic mass is 16.3. The van der Waals surface area contributed by atoms with Crippen LogP contribution in [0.5, 0.6) is 0 Å². The third-order valence-electron chi connectivity index (χ3n) is 8.94. The van der Waals surface area contributed by atoms with Crippen molar-refractivity contribution in [3.05, 3.63) is 109 Å². The molecule has 2 bridgehead atoms. The SMILES string of the molecule is c1ccc2c(-c3cccc4oc5ccc(Nc6ccc(C7CC8CCC7C8)cc6)cc5c34)cccc2c1. The maximum Gasteiger partial charge on any atom is 0.136 e. The van der Waals surface area contributed by atoms with Gasteiger partial charge in [0.1, 0.15) is 11.2 Å². The van der Waals surface area contributed by atoms with Crippen molar-refractivity contribution in [2.75, 3.05) is 5.32 Å². The Labute approximate surface area is 216 Å². The van der Waals surface area contributed by atoms with Gasteiger partial charge in [0.2, 0.25) is 0 Å². The highest BCUT2D eigenvalue weighted by molar-refractivity contribution is 6.15. The molecule has 0 amide bonds. The summed E-state index contributed by atoms with van der Waals surface area (Å²) in [5.74, 6) is 2.66. The van der Waals surface area contributed by atoms with E-state index in [1.807, 2.05) is 0 Å². The molecule has 2 heteroatoms. The maximum absolute atomic E-state index is 6.30. The summed E-state index contributed by atoms with van der Waals surface area (Å²) in [7, 11) is 0. The molecule has 0 spiro atoms. The van der Waals surface area contributed by atoms with Crippen molar-refractivity contribution in [2.24, 2.45) is 11.8 Å². The standard InChI is InChI=1S/C35H29NO/c1-2-7-28-23(5-1)6-3-8-29(28)30-9-4-10-34-35(30)32-21-27(17-18-33(32)37-34)36-26-15-13-24(14-16-26)31-20-22-11-12-25(31)19-22/h1-10,13-18,21-22,25,31,36H,11-12,19-20H2. The van der Waals surface area contributed by atoms with Crippen LogP contribution < -0.4 is 5.32 Å². The summed E-state index contributed by atoms with van der Waals surface area (Å²) in [5.41, 5.74) is 8.02. The topological polar surface area (TPSA) is 25.2 Å². The fourth-order valence-electron chi connectivity index (χ4n) is 7.22.